The van der Waals surface area contributed by atoms with Gasteiger partial charge in [-0.3, -0.25) is 5.32 Å². The Balaban J connectivity index is 1.65. The molecule has 1 N–H and O–H groups in total. The summed E-state index contributed by atoms with van der Waals surface area (Å²) in [6, 6.07) is 12.5. The van der Waals surface area contributed by atoms with Crippen molar-refractivity contribution < 1.29 is 18.4 Å². The van der Waals surface area contributed by atoms with Crippen LogP contribution in [0.25, 0.3) is 33.9 Å². The van der Waals surface area contributed by atoms with Crippen LogP contribution in [-0.4, -0.2) is 22.7 Å². The number of amides is 1. The van der Waals surface area contributed by atoms with Crippen LogP contribution in [0.1, 0.15) is 20.3 Å². The summed E-state index contributed by atoms with van der Waals surface area (Å²) in [5.74, 6) is 1.65. The highest BCUT2D eigenvalue weighted by atomic mass is 16.5. The van der Waals surface area contributed by atoms with Crippen LogP contribution in [0.15, 0.2) is 63.8 Å². The molecule has 0 atom stereocenters. The summed E-state index contributed by atoms with van der Waals surface area (Å²) < 4.78 is 16.3. The third-order valence-corrected chi connectivity index (χ3v) is 4.35. The first-order valence-corrected chi connectivity index (χ1v) is 9.43. The molecule has 3 aromatic heterocycles. The molecular weight excluding hydrogens is 370 g/mol. The molecule has 0 aliphatic carbocycles. The maximum Gasteiger partial charge on any atom is 0.411 e. The molecule has 0 spiro atoms. The van der Waals surface area contributed by atoms with Crippen molar-refractivity contribution in [3.63, 3.8) is 0 Å². The van der Waals surface area contributed by atoms with Gasteiger partial charge in [0, 0.05) is 5.69 Å². The molecule has 0 aliphatic heterocycles. The van der Waals surface area contributed by atoms with Crippen LogP contribution in [0.3, 0.4) is 0 Å². The van der Waals surface area contributed by atoms with Gasteiger partial charge < -0.3 is 13.6 Å². The SMILES string of the molecule is CC(C)CCOC(=O)Nc1ccc2nc(-c3ccco3)c(-c3ccco3)nc2c1. The highest BCUT2D eigenvalue weighted by Crippen LogP contribution is 2.32. The molecule has 0 aliphatic rings. The van der Waals surface area contributed by atoms with Gasteiger partial charge in [-0.05, 0) is 54.8 Å². The van der Waals surface area contributed by atoms with Crippen LogP contribution in [0, 0.1) is 5.92 Å². The van der Waals surface area contributed by atoms with Crippen LogP contribution in [0.2, 0.25) is 0 Å². The summed E-state index contributed by atoms with van der Waals surface area (Å²) in [7, 11) is 0. The largest absolute Gasteiger partial charge is 0.463 e. The summed E-state index contributed by atoms with van der Waals surface area (Å²) in [5.41, 5.74) is 3.02. The van der Waals surface area contributed by atoms with Crippen LogP contribution >= 0.6 is 0 Å². The summed E-state index contributed by atoms with van der Waals surface area (Å²) in [6.45, 7) is 4.54. The minimum Gasteiger partial charge on any atom is -0.463 e. The Labute approximate surface area is 167 Å². The van der Waals surface area contributed by atoms with E-state index in [4.69, 9.17) is 23.5 Å². The normalized spacial score (nSPS) is 11.1. The maximum absolute atomic E-state index is 12.0. The first-order chi connectivity index (χ1) is 14.1. The molecule has 0 radical (unpaired) electrons. The zero-order chi connectivity index (χ0) is 20.2. The lowest BCUT2D eigenvalue weighted by Crippen LogP contribution is -2.15. The van der Waals surface area contributed by atoms with E-state index < -0.39 is 6.09 Å². The Kier molecular flexibility index (Phi) is 5.29. The van der Waals surface area contributed by atoms with Crippen molar-refractivity contribution in [2.45, 2.75) is 20.3 Å². The number of carbonyl (C=O) groups is 1. The molecule has 1 amide bonds. The Morgan fingerprint density at radius 1 is 1.00 bits per heavy atom. The first-order valence-electron chi connectivity index (χ1n) is 9.43. The number of nitrogens with zero attached hydrogens (tertiary/aromatic N) is 2. The Morgan fingerprint density at radius 2 is 1.66 bits per heavy atom. The summed E-state index contributed by atoms with van der Waals surface area (Å²) >= 11 is 0. The van der Waals surface area contributed by atoms with E-state index in [9.17, 15) is 4.79 Å². The van der Waals surface area contributed by atoms with E-state index in [1.807, 2.05) is 12.1 Å². The molecule has 0 saturated heterocycles. The van der Waals surface area contributed by atoms with Gasteiger partial charge >= 0.3 is 6.09 Å². The molecule has 1 aromatic carbocycles. The van der Waals surface area contributed by atoms with E-state index >= 15 is 0 Å². The Morgan fingerprint density at radius 3 is 2.24 bits per heavy atom. The lowest BCUT2D eigenvalue weighted by molar-refractivity contribution is 0.155. The lowest BCUT2D eigenvalue weighted by atomic mass is 10.1. The van der Waals surface area contributed by atoms with E-state index in [2.05, 4.69) is 19.2 Å². The van der Waals surface area contributed by atoms with Gasteiger partial charge in [0.15, 0.2) is 11.5 Å². The molecule has 7 nitrogen and oxygen atoms in total. The maximum atomic E-state index is 12.0. The van der Waals surface area contributed by atoms with Gasteiger partial charge in [0.2, 0.25) is 0 Å². The van der Waals surface area contributed by atoms with Crippen molar-refractivity contribution in [1.82, 2.24) is 9.97 Å². The highest BCUT2D eigenvalue weighted by Gasteiger charge is 2.17. The molecule has 4 rings (SSSR count). The molecule has 0 fully saturated rings. The number of nitrogens with one attached hydrogen (secondary N) is 1. The van der Waals surface area contributed by atoms with Gasteiger partial charge in [0.05, 0.1) is 30.2 Å². The zero-order valence-corrected chi connectivity index (χ0v) is 16.2. The predicted molar refractivity (Wildman–Crippen MR) is 109 cm³/mol. The van der Waals surface area contributed by atoms with Crippen LogP contribution in [0.5, 0.6) is 0 Å². The fraction of sp³-hybridized carbons (Fsp3) is 0.227. The number of anilines is 1. The van der Waals surface area contributed by atoms with Crippen molar-refractivity contribution >= 4 is 22.8 Å². The number of hydrogen-bond donors (Lipinski definition) is 1. The summed E-state index contributed by atoms with van der Waals surface area (Å²) in [4.78, 5) is 21.4. The molecule has 0 unspecified atom stereocenters. The zero-order valence-electron chi connectivity index (χ0n) is 16.2. The molecule has 7 heteroatoms. The fourth-order valence-corrected chi connectivity index (χ4v) is 2.84. The lowest BCUT2D eigenvalue weighted by Gasteiger charge is -2.10. The molecule has 0 bridgehead atoms. The number of rotatable bonds is 6. The topological polar surface area (TPSA) is 90.4 Å². The first kappa shape index (κ1) is 18.7. The van der Waals surface area contributed by atoms with Crippen molar-refractivity contribution in [1.29, 1.82) is 0 Å². The summed E-state index contributed by atoms with van der Waals surface area (Å²) in [6.07, 6.45) is 3.50. The van der Waals surface area contributed by atoms with Crippen molar-refractivity contribution in [3.05, 3.63) is 55.0 Å². The van der Waals surface area contributed by atoms with Gasteiger partial charge in [-0.2, -0.15) is 0 Å². The molecule has 3 heterocycles. The smallest absolute Gasteiger partial charge is 0.411 e. The van der Waals surface area contributed by atoms with Crippen molar-refractivity contribution in [2.24, 2.45) is 5.92 Å². The van der Waals surface area contributed by atoms with E-state index in [1.165, 1.54) is 0 Å². The number of ether oxygens (including phenoxy) is 1. The summed E-state index contributed by atoms with van der Waals surface area (Å²) in [5, 5.41) is 2.73. The van der Waals surface area contributed by atoms with Gasteiger partial charge in [-0.15, -0.1) is 0 Å². The van der Waals surface area contributed by atoms with E-state index in [0.717, 1.165) is 6.42 Å². The van der Waals surface area contributed by atoms with Crippen molar-refractivity contribution in [2.75, 3.05) is 11.9 Å². The standard InChI is InChI=1S/C22H21N3O4/c1-14(2)9-12-29-22(26)23-15-7-8-16-17(13-15)25-21(19-6-4-11-28-19)20(24-16)18-5-3-10-27-18/h3-8,10-11,13-14H,9,12H2,1-2H3,(H,23,26). The fourth-order valence-electron chi connectivity index (χ4n) is 2.84. The second-order valence-corrected chi connectivity index (χ2v) is 7.02. The van der Waals surface area contributed by atoms with Crippen molar-refractivity contribution in [3.8, 4) is 22.9 Å². The molecule has 4 aromatic rings. The highest BCUT2D eigenvalue weighted by molar-refractivity contribution is 5.90. The van der Waals surface area contributed by atoms with E-state index in [-0.39, 0.29) is 0 Å². The van der Waals surface area contributed by atoms with E-state index in [1.54, 1.807) is 42.9 Å². The number of aromatic nitrogens is 2. The molecule has 0 saturated carbocycles. The third kappa shape index (κ3) is 4.29. The predicted octanol–water partition coefficient (Wildman–Crippen LogP) is 5.74. The third-order valence-electron chi connectivity index (χ3n) is 4.35. The molecule has 29 heavy (non-hydrogen) atoms. The number of furan rings is 2. The quantitative estimate of drug-likeness (QED) is 0.450. The van der Waals surface area contributed by atoms with E-state index in [0.29, 0.717) is 52.2 Å². The second-order valence-electron chi connectivity index (χ2n) is 7.02. The average molecular weight is 391 g/mol. The number of fused-ring (bicyclic) bond motifs is 1. The minimum atomic E-state index is -0.489. The van der Waals surface area contributed by atoms with Gasteiger partial charge in [0.1, 0.15) is 11.4 Å². The monoisotopic (exact) mass is 391 g/mol. The second kappa shape index (κ2) is 8.18. The Bertz CT molecular complexity index is 1100. The Hall–Kier alpha value is -3.61. The van der Waals surface area contributed by atoms with Crippen LogP contribution < -0.4 is 5.32 Å². The molecular formula is C22H21N3O4. The number of benzene rings is 1. The van der Waals surface area contributed by atoms with Gasteiger partial charge in [0.25, 0.3) is 0 Å². The van der Waals surface area contributed by atoms with Crippen LogP contribution in [-0.2, 0) is 4.74 Å². The van der Waals surface area contributed by atoms with Crippen LogP contribution in [0.4, 0.5) is 10.5 Å². The average Bonchev–Trinajstić information content (AvgIpc) is 3.40. The minimum absolute atomic E-state index is 0.381. The van der Waals surface area contributed by atoms with Gasteiger partial charge in [-0.1, -0.05) is 13.8 Å². The number of hydrogen-bond acceptors (Lipinski definition) is 6. The molecule has 148 valence electrons. The van der Waals surface area contributed by atoms with Gasteiger partial charge in [-0.25, -0.2) is 14.8 Å². The number of carbonyl (C=O) groups excluding carboxylic acids is 1.